The van der Waals surface area contributed by atoms with Crippen LogP contribution >= 0.6 is 11.6 Å². The molecule has 28 heavy (non-hydrogen) atoms. The summed E-state index contributed by atoms with van der Waals surface area (Å²) in [5.41, 5.74) is 7.52. The molecule has 0 spiro atoms. The molecule has 2 amide bonds. The maximum absolute atomic E-state index is 12.4. The second-order valence-corrected chi connectivity index (χ2v) is 6.84. The zero-order valence-electron chi connectivity index (χ0n) is 14.8. The molecule has 1 aliphatic heterocycles. The van der Waals surface area contributed by atoms with Crippen molar-refractivity contribution in [1.82, 2.24) is 9.55 Å². The predicted molar refractivity (Wildman–Crippen MR) is 105 cm³/mol. The number of primary amides is 1. The van der Waals surface area contributed by atoms with Crippen LogP contribution in [-0.2, 0) is 9.59 Å². The highest BCUT2D eigenvalue weighted by Gasteiger charge is 2.31. The van der Waals surface area contributed by atoms with Crippen LogP contribution in [0.15, 0.2) is 54.9 Å². The highest BCUT2D eigenvalue weighted by Crippen LogP contribution is 2.38. The van der Waals surface area contributed by atoms with Gasteiger partial charge in [-0.15, -0.1) is 0 Å². The van der Waals surface area contributed by atoms with E-state index in [1.807, 2.05) is 30.3 Å². The number of rotatable bonds is 5. The average Bonchev–Trinajstić information content (AvgIpc) is 3.10. The van der Waals surface area contributed by atoms with Crippen LogP contribution in [0.1, 0.15) is 23.6 Å². The van der Waals surface area contributed by atoms with Gasteiger partial charge in [-0.05, 0) is 29.8 Å². The molecule has 0 bridgehead atoms. The van der Waals surface area contributed by atoms with Crippen molar-refractivity contribution >= 4 is 29.2 Å². The van der Waals surface area contributed by atoms with E-state index in [1.54, 1.807) is 29.1 Å². The van der Waals surface area contributed by atoms with E-state index in [-0.39, 0.29) is 24.9 Å². The normalized spacial score (nSPS) is 15.6. The third-order valence-corrected chi connectivity index (χ3v) is 4.87. The first-order chi connectivity index (χ1) is 13.5. The predicted octanol–water partition coefficient (Wildman–Crippen LogP) is 2.86. The zero-order chi connectivity index (χ0) is 19.7. The number of nitrogens with two attached hydrogens (primary N) is 1. The lowest BCUT2D eigenvalue weighted by Crippen LogP contribution is -2.25. The summed E-state index contributed by atoms with van der Waals surface area (Å²) in [6.07, 6.45) is 1.95. The van der Waals surface area contributed by atoms with Crippen molar-refractivity contribution in [3.05, 3.63) is 71.1 Å². The summed E-state index contributed by atoms with van der Waals surface area (Å²) < 4.78 is 7.07. The van der Waals surface area contributed by atoms with Gasteiger partial charge in [0.2, 0.25) is 5.91 Å². The van der Waals surface area contributed by atoms with Gasteiger partial charge in [-0.3, -0.25) is 14.2 Å². The van der Waals surface area contributed by atoms with E-state index < -0.39 is 5.91 Å². The van der Waals surface area contributed by atoms with Crippen LogP contribution in [0.5, 0.6) is 5.75 Å². The molecule has 1 aliphatic rings. The van der Waals surface area contributed by atoms with Gasteiger partial charge in [0, 0.05) is 12.3 Å². The second kappa shape index (κ2) is 7.36. The standard InChI is InChI=1S/C20H17ClN4O3/c21-15-3-1-2-4-16(15)25-11-23-19-14(9-18(27)24-20(19)25)12-5-7-13(8-6-12)28-10-17(22)26/h1-8,11,14H,9-10H2,(H2,22,26)(H,24,27). The number of para-hydroxylation sites is 1. The fraction of sp³-hybridized carbons (Fsp3) is 0.150. The summed E-state index contributed by atoms with van der Waals surface area (Å²) in [6.45, 7) is -0.183. The van der Waals surface area contributed by atoms with Gasteiger partial charge >= 0.3 is 0 Å². The molecule has 142 valence electrons. The van der Waals surface area contributed by atoms with Crippen LogP contribution in [0.3, 0.4) is 0 Å². The number of benzene rings is 2. The largest absolute Gasteiger partial charge is 0.484 e. The molecule has 4 rings (SSSR count). The molecule has 1 atom stereocenters. The lowest BCUT2D eigenvalue weighted by Gasteiger charge is -2.23. The lowest BCUT2D eigenvalue weighted by molar-refractivity contribution is -0.120. The topological polar surface area (TPSA) is 99.2 Å². The number of anilines is 1. The Morgan fingerprint density at radius 2 is 2.00 bits per heavy atom. The fourth-order valence-corrected chi connectivity index (χ4v) is 3.49. The van der Waals surface area contributed by atoms with E-state index in [0.29, 0.717) is 16.6 Å². The van der Waals surface area contributed by atoms with Gasteiger partial charge in [0.25, 0.3) is 5.91 Å². The van der Waals surface area contributed by atoms with Crippen LogP contribution in [0.2, 0.25) is 5.02 Å². The molecular weight excluding hydrogens is 380 g/mol. The molecule has 7 nitrogen and oxygen atoms in total. The Balaban J connectivity index is 1.67. The molecule has 2 heterocycles. The van der Waals surface area contributed by atoms with Crippen LogP contribution < -0.4 is 15.8 Å². The third-order valence-electron chi connectivity index (χ3n) is 4.55. The number of nitrogens with one attached hydrogen (secondary N) is 1. The first-order valence-electron chi connectivity index (χ1n) is 8.66. The summed E-state index contributed by atoms with van der Waals surface area (Å²) in [5, 5.41) is 3.47. The quantitative estimate of drug-likeness (QED) is 0.692. The minimum atomic E-state index is -0.539. The molecule has 3 aromatic rings. The minimum Gasteiger partial charge on any atom is -0.484 e. The van der Waals surface area contributed by atoms with Crippen molar-refractivity contribution in [2.24, 2.45) is 5.73 Å². The fourth-order valence-electron chi connectivity index (χ4n) is 3.26. The third kappa shape index (κ3) is 3.44. The number of ether oxygens (including phenoxy) is 1. The minimum absolute atomic E-state index is 0.0969. The molecule has 8 heteroatoms. The van der Waals surface area contributed by atoms with Gasteiger partial charge in [-0.2, -0.15) is 0 Å². The molecule has 0 saturated carbocycles. The maximum atomic E-state index is 12.4. The van der Waals surface area contributed by atoms with Crippen molar-refractivity contribution in [2.75, 3.05) is 11.9 Å². The molecule has 1 unspecified atom stereocenters. The lowest BCUT2D eigenvalue weighted by atomic mass is 9.90. The van der Waals surface area contributed by atoms with Crippen molar-refractivity contribution in [2.45, 2.75) is 12.3 Å². The molecular formula is C20H17ClN4O3. The van der Waals surface area contributed by atoms with E-state index in [0.717, 1.165) is 16.9 Å². The van der Waals surface area contributed by atoms with Crippen molar-refractivity contribution < 1.29 is 14.3 Å². The van der Waals surface area contributed by atoms with Crippen molar-refractivity contribution in [3.63, 3.8) is 0 Å². The van der Waals surface area contributed by atoms with E-state index in [4.69, 9.17) is 22.1 Å². The van der Waals surface area contributed by atoms with Crippen LogP contribution in [0, 0.1) is 0 Å². The highest BCUT2D eigenvalue weighted by atomic mass is 35.5. The molecule has 0 saturated heterocycles. The van der Waals surface area contributed by atoms with Crippen LogP contribution in [-0.4, -0.2) is 28.0 Å². The highest BCUT2D eigenvalue weighted by molar-refractivity contribution is 6.32. The summed E-state index contributed by atoms with van der Waals surface area (Å²) in [4.78, 5) is 27.7. The number of carbonyl (C=O) groups is 2. The summed E-state index contributed by atoms with van der Waals surface area (Å²) in [7, 11) is 0. The first kappa shape index (κ1) is 18.1. The maximum Gasteiger partial charge on any atom is 0.255 e. The van der Waals surface area contributed by atoms with Gasteiger partial charge in [0.15, 0.2) is 6.61 Å². The molecule has 1 aromatic heterocycles. The van der Waals surface area contributed by atoms with E-state index >= 15 is 0 Å². The van der Waals surface area contributed by atoms with Crippen molar-refractivity contribution in [1.29, 1.82) is 0 Å². The number of hydrogen-bond donors (Lipinski definition) is 2. The van der Waals surface area contributed by atoms with Gasteiger partial charge in [-0.1, -0.05) is 35.9 Å². The monoisotopic (exact) mass is 396 g/mol. The Bertz CT molecular complexity index is 1050. The number of aromatic nitrogens is 2. The summed E-state index contributed by atoms with van der Waals surface area (Å²) in [5.74, 6) is 0.314. The number of amides is 2. The Kier molecular flexibility index (Phi) is 4.75. The second-order valence-electron chi connectivity index (χ2n) is 6.43. The number of halogens is 1. The molecule has 0 radical (unpaired) electrons. The number of nitrogens with zero attached hydrogens (tertiary/aromatic N) is 2. The number of carbonyl (C=O) groups excluding carboxylic acids is 2. The zero-order valence-corrected chi connectivity index (χ0v) is 15.5. The Hall–Kier alpha value is -3.32. The Labute approximate surface area is 166 Å². The van der Waals surface area contributed by atoms with Gasteiger partial charge in [-0.25, -0.2) is 4.98 Å². The van der Waals surface area contributed by atoms with E-state index in [9.17, 15) is 9.59 Å². The molecule has 3 N–H and O–H groups in total. The van der Waals surface area contributed by atoms with Gasteiger partial charge in [0.05, 0.1) is 16.4 Å². The van der Waals surface area contributed by atoms with E-state index in [2.05, 4.69) is 10.3 Å². The van der Waals surface area contributed by atoms with Gasteiger partial charge < -0.3 is 15.8 Å². The summed E-state index contributed by atoms with van der Waals surface area (Å²) in [6, 6.07) is 14.6. The molecule has 2 aromatic carbocycles. The van der Waals surface area contributed by atoms with Crippen LogP contribution in [0.25, 0.3) is 5.69 Å². The Morgan fingerprint density at radius 3 is 2.71 bits per heavy atom. The summed E-state index contributed by atoms with van der Waals surface area (Å²) >= 11 is 6.31. The van der Waals surface area contributed by atoms with E-state index in [1.165, 1.54) is 0 Å². The Morgan fingerprint density at radius 1 is 1.25 bits per heavy atom. The smallest absolute Gasteiger partial charge is 0.255 e. The van der Waals surface area contributed by atoms with Crippen molar-refractivity contribution in [3.8, 4) is 11.4 Å². The van der Waals surface area contributed by atoms with Crippen LogP contribution in [0.4, 0.5) is 5.82 Å². The number of hydrogen-bond acceptors (Lipinski definition) is 4. The SMILES string of the molecule is NC(=O)COc1ccc(C2CC(=O)Nc3c2ncn3-c2ccccc2Cl)cc1. The number of imidazole rings is 1. The molecule has 0 fully saturated rings. The average molecular weight is 397 g/mol. The van der Waals surface area contributed by atoms with Gasteiger partial charge in [0.1, 0.15) is 17.9 Å². The number of fused-ring (bicyclic) bond motifs is 1. The first-order valence-corrected chi connectivity index (χ1v) is 9.04. The molecule has 0 aliphatic carbocycles.